The Bertz CT molecular complexity index is 440. The number of rotatable bonds is 7. The maximum absolute atomic E-state index is 12.8. The predicted molar refractivity (Wildman–Crippen MR) is 108 cm³/mol. The Morgan fingerprint density at radius 3 is 2.27 bits per heavy atom. The average Bonchev–Trinajstić information content (AvgIpc) is 2.58. The van der Waals surface area contributed by atoms with Crippen molar-refractivity contribution in [1.29, 1.82) is 0 Å². The molecule has 0 aromatic heterocycles. The lowest BCUT2D eigenvalue weighted by Gasteiger charge is -2.39. The molecule has 0 bridgehead atoms. The third-order valence-electron chi connectivity index (χ3n) is 4.14. The molecular formula is C16H31F3IN5O. The van der Waals surface area contributed by atoms with E-state index in [-0.39, 0.29) is 29.9 Å². The van der Waals surface area contributed by atoms with Crippen LogP contribution in [0.5, 0.6) is 0 Å². The van der Waals surface area contributed by atoms with Crippen LogP contribution < -0.4 is 10.6 Å². The molecule has 1 amide bonds. The number of hydrogen-bond acceptors (Lipinski definition) is 3. The highest BCUT2D eigenvalue weighted by molar-refractivity contribution is 14.0. The summed E-state index contributed by atoms with van der Waals surface area (Å²) in [4.78, 5) is 19.4. The molecule has 1 aliphatic heterocycles. The fraction of sp³-hybridized carbons (Fsp3) is 0.875. The molecule has 0 aromatic rings. The van der Waals surface area contributed by atoms with Gasteiger partial charge in [-0.05, 0) is 20.3 Å². The van der Waals surface area contributed by atoms with Crippen molar-refractivity contribution in [2.75, 3.05) is 45.8 Å². The molecule has 0 radical (unpaired) electrons. The molecule has 1 saturated heterocycles. The first-order valence-corrected chi connectivity index (χ1v) is 8.90. The predicted octanol–water partition coefficient (Wildman–Crippen LogP) is 2.05. The van der Waals surface area contributed by atoms with E-state index in [0.717, 1.165) is 6.42 Å². The van der Waals surface area contributed by atoms with Crippen LogP contribution in [-0.2, 0) is 4.79 Å². The minimum atomic E-state index is -4.20. The Balaban J connectivity index is 0.00000625. The van der Waals surface area contributed by atoms with Crippen LogP contribution in [0.1, 0.15) is 33.6 Å². The van der Waals surface area contributed by atoms with Gasteiger partial charge in [0.05, 0.1) is 6.54 Å². The molecule has 1 atom stereocenters. The topological polar surface area (TPSA) is 60.0 Å². The summed E-state index contributed by atoms with van der Waals surface area (Å²) in [7, 11) is 0. The molecular weight excluding hydrogens is 462 g/mol. The summed E-state index contributed by atoms with van der Waals surface area (Å²) in [6.07, 6.45) is -3.01. The number of nitrogens with one attached hydrogen (secondary N) is 2. The maximum Gasteiger partial charge on any atom is 0.403 e. The number of alkyl halides is 3. The van der Waals surface area contributed by atoms with Gasteiger partial charge in [-0.3, -0.25) is 14.7 Å². The number of halogens is 4. The average molecular weight is 493 g/mol. The Hall–Kier alpha value is -0.780. The first-order valence-electron chi connectivity index (χ1n) is 8.90. The summed E-state index contributed by atoms with van der Waals surface area (Å²) in [6, 6.07) is -1.43. The van der Waals surface area contributed by atoms with Gasteiger partial charge in [0.2, 0.25) is 5.91 Å². The Morgan fingerprint density at radius 2 is 1.77 bits per heavy atom. The standard InChI is InChI=1S/C16H30F3N5O.HI/c1-4-7-21-14(25)6-8-22-15(20-5-2)24-11-9-23(10-12-24)13(3)16(17,18)19;/h13H,4-12H2,1-3H3,(H,20,22)(H,21,25);1H. The minimum absolute atomic E-state index is 0. The van der Waals surface area contributed by atoms with Gasteiger partial charge in [-0.15, -0.1) is 24.0 Å². The van der Waals surface area contributed by atoms with Crippen molar-refractivity contribution in [1.82, 2.24) is 20.4 Å². The first-order chi connectivity index (χ1) is 11.8. The fourth-order valence-corrected chi connectivity index (χ4v) is 2.57. The summed E-state index contributed by atoms with van der Waals surface area (Å²) in [6.45, 7) is 8.43. The van der Waals surface area contributed by atoms with E-state index in [1.165, 1.54) is 11.8 Å². The third-order valence-corrected chi connectivity index (χ3v) is 4.14. The van der Waals surface area contributed by atoms with Crippen LogP contribution in [0.15, 0.2) is 4.99 Å². The highest BCUT2D eigenvalue weighted by Gasteiger charge is 2.41. The van der Waals surface area contributed by atoms with Crippen LogP contribution in [0.4, 0.5) is 13.2 Å². The van der Waals surface area contributed by atoms with E-state index in [1.54, 1.807) is 0 Å². The van der Waals surface area contributed by atoms with Crippen LogP contribution >= 0.6 is 24.0 Å². The number of carbonyl (C=O) groups excluding carboxylic acids is 1. The van der Waals surface area contributed by atoms with Crippen molar-refractivity contribution in [3.8, 4) is 0 Å². The van der Waals surface area contributed by atoms with Gasteiger partial charge in [-0.25, -0.2) is 0 Å². The molecule has 1 fully saturated rings. The van der Waals surface area contributed by atoms with E-state index in [1.807, 2.05) is 18.7 Å². The quantitative estimate of drug-likeness (QED) is 0.324. The fourth-order valence-electron chi connectivity index (χ4n) is 2.57. The van der Waals surface area contributed by atoms with Gasteiger partial charge in [0.25, 0.3) is 0 Å². The van der Waals surface area contributed by atoms with E-state index in [2.05, 4.69) is 15.6 Å². The smallest absolute Gasteiger partial charge is 0.357 e. The molecule has 1 rings (SSSR count). The molecule has 1 unspecified atom stereocenters. The number of nitrogens with zero attached hydrogens (tertiary/aromatic N) is 3. The van der Waals surface area contributed by atoms with E-state index in [9.17, 15) is 18.0 Å². The van der Waals surface area contributed by atoms with Crippen molar-refractivity contribution in [3.63, 3.8) is 0 Å². The second-order valence-electron chi connectivity index (χ2n) is 6.08. The van der Waals surface area contributed by atoms with Crippen LogP contribution in [0.25, 0.3) is 0 Å². The number of guanidine groups is 1. The van der Waals surface area contributed by atoms with Crippen LogP contribution in [0, 0.1) is 0 Å². The summed E-state index contributed by atoms with van der Waals surface area (Å²) >= 11 is 0. The molecule has 10 heteroatoms. The van der Waals surface area contributed by atoms with Gasteiger partial charge in [-0.1, -0.05) is 6.92 Å². The molecule has 0 aliphatic carbocycles. The second kappa shape index (κ2) is 12.6. The van der Waals surface area contributed by atoms with Crippen molar-refractivity contribution in [3.05, 3.63) is 0 Å². The normalized spacial score (nSPS) is 17.5. The highest BCUT2D eigenvalue weighted by atomic mass is 127. The van der Waals surface area contributed by atoms with Gasteiger partial charge in [0, 0.05) is 45.7 Å². The molecule has 6 nitrogen and oxygen atoms in total. The molecule has 26 heavy (non-hydrogen) atoms. The zero-order valence-corrected chi connectivity index (χ0v) is 18.1. The maximum atomic E-state index is 12.8. The van der Waals surface area contributed by atoms with Crippen molar-refractivity contribution in [2.45, 2.75) is 45.8 Å². The number of amides is 1. The van der Waals surface area contributed by atoms with Crippen LogP contribution in [-0.4, -0.2) is 79.7 Å². The molecule has 1 heterocycles. The van der Waals surface area contributed by atoms with Crippen LogP contribution in [0.3, 0.4) is 0 Å². The van der Waals surface area contributed by atoms with Crippen LogP contribution in [0.2, 0.25) is 0 Å². The number of piperazine rings is 1. The zero-order valence-electron chi connectivity index (χ0n) is 15.7. The SMILES string of the molecule is CCCNC(=O)CCN=C(NCC)N1CCN(C(C)C(F)(F)F)CC1.I. The molecule has 1 aliphatic rings. The van der Waals surface area contributed by atoms with Gasteiger partial charge in [0.1, 0.15) is 6.04 Å². The van der Waals surface area contributed by atoms with Gasteiger partial charge in [0.15, 0.2) is 5.96 Å². The molecule has 2 N–H and O–H groups in total. The largest absolute Gasteiger partial charge is 0.403 e. The zero-order chi connectivity index (χ0) is 18.9. The number of carbonyl (C=O) groups is 1. The monoisotopic (exact) mass is 493 g/mol. The van der Waals surface area contributed by atoms with Crippen molar-refractivity contribution >= 4 is 35.8 Å². The lowest BCUT2D eigenvalue weighted by atomic mass is 10.2. The van der Waals surface area contributed by atoms with Crippen molar-refractivity contribution in [2.24, 2.45) is 4.99 Å². The summed E-state index contributed by atoms with van der Waals surface area (Å²) in [5, 5.41) is 5.94. The van der Waals surface area contributed by atoms with E-state index >= 15 is 0 Å². The Morgan fingerprint density at radius 1 is 1.15 bits per heavy atom. The van der Waals surface area contributed by atoms with E-state index in [4.69, 9.17) is 0 Å². The summed E-state index contributed by atoms with van der Waals surface area (Å²) in [5.74, 6) is 0.621. The molecule has 0 saturated carbocycles. The van der Waals surface area contributed by atoms with Gasteiger partial charge < -0.3 is 15.5 Å². The molecule has 0 aromatic carbocycles. The second-order valence-corrected chi connectivity index (χ2v) is 6.08. The van der Waals surface area contributed by atoms with E-state index in [0.29, 0.717) is 58.2 Å². The number of aliphatic imine (C=N–C) groups is 1. The lowest BCUT2D eigenvalue weighted by Crippen LogP contribution is -2.56. The van der Waals surface area contributed by atoms with Gasteiger partial charge >= 0.3 is 6.18 Å². The Kier molecular flexibility index (Phi) is 12.2. The van der Waals surface area contributed by atoms with E-state index < -0.39 is 12.2 Å². The third kappa shape index (κ3) is 8.74. The summed E-state index contributed by atoms with van der Waals surface area (Å²) < 4.78 is 38.4. The first kappa shape index (κ1) is 25.2. The minimum Gasteiger partial charge on any atom is -0.357 e. The summed E-state index contributed by atoms with van der Waals surface area (Å²) in [5.41, 5.74) is 0. The van der Waals surface area contributed by atoms with Gasteiger partial charge in [-0.2, -0.15) is 13.2 Å². The molecule has 154 valence electrons. The molecule has 0 spiro atoms. The number of hydrogen-bond donors (Lipinski definition) is 2. The Labute approximate surface area is 171 Å². The highest BCUT2D eigenvalue weighted by Crippen LogP contribution is 2.25. The van der Waals surface area contributed by atoms with Crippen molar-refractivity contribution < 1.29 is 18.0 Å². The lowest BCUT2D eigenvalue weighted by molar-refractivity contribution is -0.181.